The number of carbonyl (C=O) groups is 2. The van der Waals surface area contributed by atoms with Crippen molar-refractivity contribution in [2.45, 2.75) is 51.0 Å². The van der Waals surface area contributed by atoms with Gasteiger partial charge in [-0.1, -0.05) is 29.8 Å². The maximum atomic E-state index is 13.1. The number of ether oxygens (including phenoxy) is 1. The standard InChI is InChI=1S/C22H26N2O5S/c1-14-12-15(2)20(16(3)13-14)30(27,28)24-18-9-5-4-8-17(18)22(26)29-19-10-6-7-11-23-21(19)25/h4-5,8-9,12-13,19,24H,6-7,10-11H2,1-3H3,(H,23,25)/t19-/m1/s1. The molecule has 2 N–H and O–H groups in total. The van der Waals surface area contributed by atoms with Gasteiger partial charge in [-0.15, -0.1) is 0 Å². The molecule has 1 aliphatic heterocycles. The fourth-order valence-electron chi connectivity index (χ4n) is 3.75. The number of amides is 1. The van der Waals surface area contributed by atoms with Gasteiger partial charge in [-0.3, -0.25) is 9.52 Å². The molecular formula is C22H26N2O5S. The zero-order chi connectivity index (χ0) is 21.9. The minimum absolute atomic E-state index is 0.0561. The first-order chi connectivity index (χ1) is 14.2. The van der Waals surface area contributed by atoms with Crippen molar-refractivity contribution >= 4 is 27.6 Å². The normalized spacial score (nSPS) is 17.0. The molecule has 30 heavy (non-hydrogen) atoms. The van der Waals surface area contributed by atoms with Gasteiger partial charge in [-0.25, -0.2) is 13.2 Å². The number of para-hydroxylation sites is 1. The van der Waals surface area contributed by atoms with E-state index in [2.05, 4.69) is 10.0 Å². The van der Waals surface area contributed by atoms with Crippen LogP contribution in [0.25, 0.3) is 0 Å². The maximum absolute atomic E-state index is 13.1. The van der Waals surface area contributed by atoms with E-state index in [9.17, 15) is 18.0 Å². The Morgan fingerprint density at radius 2 is 1.77 bits per heavy atom. The minimum atomic E-state index is -3.93. The molecule has 0 bridgehead atoms. The molecule has 2 aromatic carbocycles. The zero-order valence-electron chi connectivity index (χ0n) is 17.3. The van der Waals surface area contributed by atoms with E-state index < -0.39 is 22.1 Å². The van der Waals surface area contributed by atoms with Crippen LogP contribution in [0.2, 0.25) is 0 Å². The van der Waals surface area contributed by atoms with E-state index in [1.54, 1.807) is 38.1 Å². The SMILES string of the molecule is Cc1cc(C)c(S(=O)(=O)Nc2ccccc2C(=O)O[C@@H]2CCCCNC2=O)c(C)c1. The summed E-state index contributed by atoms with van der Waals surface area (Å²) in [5, 5.41) is 2.72. The van der Waals surface area contributed by atoms with Crippen molar-refractivity contribution in [3.63, 3.8) is 0 Å². The lowest BCUT2D eigenvalue weighted by Crippen LogP contribution is -2.36. The van der Waals surface area contributed by atoms with Gasteiger partial charge in [0, 0.05) is 6.54 Å². The summed E-state index contributed by atoms with van der Waals surface area (Å²) in [4.78, 5) is 25.0. The number of sulfonamides is 1. The Bertz CT molecular complexity index is 1060. The molecule has 1 saturated heterocycles. The average Bonchev–Trinajstić information content (AvgIpc) is 2.85. The molecular weight excluding hydrogens is 404 g/mol. The highest BCUT2D eigenvalue weighted by Gasteiger charge is 2.27. The molecule has 160 valence electrons. The molecule has 0 aromatic heterocycles. The van der Waals surface area contributed by atoms with Crippen LogP contribution >= 0.6 is 0 Å². The van der Waals surface area contributed by atoms with Crippen molar-refractivity contribution in [1.82, 2.24) is 5.32 Å². The Hall–Kier alpha value is -2.87. The highest BCUT2D eigenvalue weighted by Crippen LogP contribution is 2.26. The molecule has 1 heterocycles. The predicted octanol–water partition coefficient (Wildman–Crippen LogP) is 3.24. The molecule has 7 nitrogen and oxygen atoms in total. The number of hydrogen-bond acceptors (Lipinski definition) is 5. The molecule has 0 aliphatic carbocycles. The summed E-state index contributed by atoms with van der Waals surface area (Å²) in [6.07, 6.45) is 1.14. The van der Waals surface area contributed by atoms with Crippen LogP contribution in [0, 0.1) is 20.8 Å². The Labute approximate surface area is 176 Å². The fraction of sp³-hybridized carbons (Fsp3) is 0.364. The van der Waals surface area contributed by atoms with Crippen LogP contribution < -0.4 is 10.0 Å². The van der Waals surface area contributed by atoms with Crippen LogP contribution in [0.4, 0.5) is 5.69 Å². The second-order valence-electron chi connectivity index (χ2n) is 7.56. The minimum Gasteiger partial charge on any atom is -0.449 e. The number of anilines is 1. The zero-order valence-corrected chi connectivity index (χ0v) is 18.1. The summed E-state index contributed by atoms with van der Waals surface area (Å²) in [6, 6.07) is 9.81. The lowest BCUT2D eigenvalue weighted by molar-refractivity contribution is -0.129. The summed E-state index contributed by atoms with van der Waals surface area (Å²) < 4.78 is 34.1. The molecule has 0 unspecified atom stereocenters. The van der Waals surface area contributed by atoms with E-state index in [0.29, 0.717) is 24.1 Å². The van der Waals surface area contributed by atoms with Gasteiger partial charge in [0.25, 0.3) is 15.9 Å². The van der Waals surface area contributed by atoms with E-state index in [0.717, 1.165) is 18.4 Å². The molecule has 3 rings (SSSR count). The number of aryl methyl sites for hydroxylation is 3. The van der Waals surface area contributed by atoms with Gasteiger partial charge in [0.1, 0.15) is 0 Å². The Kier molecular flexibility index (Phi) is 6.45. The van der Waals surface area contributed by atoms with E-state index in [4.69, 9.17) is 4.74 Å². The molecule has 0 radical (unpaired) electrons. The first-order valence-corrected chi connectivity index (χ1v) is 11.4. The van der Waals surface area contributed by atoms with Crippen molar-refractivity contribution in [3.05, 3.63) is 58.7 Å². The summed E-state index contributed by atoms with van der Waals surface area (Å²) in [5.41, 5.74) is 2.37. The quantitative estimate of drug-likeness (QED) is 0.709. The van der Waals surface area contributed by atoms with Crippen molar-refractivity contribution in [3.8, 4) is 0 Å². The highest BCUT2D eigenvalue weighted by atomic mass is 32.2. The van der Waals surface area contributed by atoms with Crippen molar-refractivity contribution < 1.29 is 22.7 Å². The summed E-state index contributed by atoms with van der Waals surface area (Å²) >= 11 is 0. The summed E-state index contributed by atoms with van der Waals surface area (Å²) in [5.74, 6) is -1.07. The first kappa shape index (κ1) is 21.8. The molecule has 0 spiro atoms. The molecule has 0 saturated carbocycles. The third kappa shape index (κ3) is 4.81. The third-order valence-corrected chi connectivity index (χ3v) is 6.67. The highest BCUT2D eigenvalue weighted by molar-refractivity contribution is 7.92. The number of hydrogen-bond donors (Lipinski definition) is 2. The molecule has 1 aliphatic rings. The van der Waals surface area contributed by atoms with E-state index in [1.165, 1.54) is 12.1 Å². The number of esters is 1. The topological polar surface area (TPSA) is 102 Å². The van der Waals surface area contributed by atoms with Gasteiger partial charge in [0.2, 0.25) is 0 Å². The van der Waals surface area contributed by atoms with Crippen LogP contribution in [0.1, 0.15) is 46.3 Å². The largest absolute Gasteiger partial charge is 0.449 e. The smallest absolute Gasteiger partial charge is 0.341 e. The molecule has 1 amide bonds. The average molecular weight is 431 g/mol. The maximum Gasteiger partial charge on any atom is 0.341 e. The first-order valence-electron chi connectivity index (χ1n) is 9.87. The second kappa shape index (κ2) is 8.87. The Balaban J connectivity index is 1.88. The van der Waals surface area contributed by atoms with Gasteiger partial charge in [0.05, 0.1) is 16.1 Å². The monoisotopic (exact) mass is 430 g/mol. The Morgan fingerprint density at radius 3 is 2.47 bits per heavy atom. The Morgan fingerprint density at radius 1 is 1.10 bits per heavy atom. The van der Waals surface area contributed by atoms with Crippen LogP contribution in [-0.2, 0) is 19.6 Å². The van der Waals surface area contributed by atoms with E-state index >= 15 is 0 Å². The van der Waals surface area contributed by atoms with E-state index in [1.807, 2.05) is 6.92 Å². The fourth-order valence-corrected chi connectivity index (χ4v) is 5.29. The third-order valence-electron chi connectivity index (χ3n) is 5.00. The summed E-state index contributed by atoms with van der Waals surface area (Å²) in [6.45, 7) is 5.93. The second-order valence-corrected chi connectivity index (χ2v) is 9.18. The summed E-state index contributed by atoms with van der Waals surface area (Å²) in [7, 11) is -3.93. The van der Waals surface area contributed by atoms with Crippen LogP contribution in [0.3, 0.4) is 0 Å². The van der Waals surface area contributed by atoms with Crippen LogP contribution in [0.5, 0.6) is 0 Å². The van der Waals surface area contributed by atoms with Gasteiger partial charge < -0.3 is 10.1 Å². The lowest BCUT2D eigenvalue weighted by Gasteiger charge is -2.18. The van der Waals surface area contributed by atoms with Gasteiger partial charge >= 0.3 is 5.97 Å². The number of rotatable bonds is 5. The van der Waals surface area contributed by atoms with Crippen molar-refractivity contribution in [1.29, 1.82) is 0 Å². The van der Waals surface area contributed by atoms with Crippen molar-refractivity contribution in [2.24, 2.45) is 0 Å². The van der Waals surface area contributed by atoms with Crippen LogP contribution in [-0.4, -0.2) is 32.9 Å². The van der Waals surface area contributed by atoms with Crippen LogP contribution in [0.15, 0.2) is 41.3 Å². The lowest BCUT2D eigenvalue weighted by atomic mass is 10.1. The van der Waals surface area contributed by atoms with E-state index in [-0.39, 0.29) is 22.1 Å². The molecule has 1 fully saturated rings. The van der Waals surface area contributed by atoms with Gasteiger partial charge in [-0.2, -0.15) is 0 Å². The van der Waals surface area contributed by atoms with Gasteiger partial charge in [-0.05, 0) is 63.3 Å². The molecule has 1 atom stereocenters. The molecule has 2 aromatic rings. The van der Waals surface area contributed by atoms with Gasteiger partial charge in [0.15, 0.2) is 6.10 Å². The predicted molar refractivity (Wildman–Crippen MR) is 114 cm³/mol. The number of benzene rings is 2. The number of carbonyl (C=O) groups excluding carboxylic acids is 2. The molecule has 8 heteroatoms. The number of nitrogens with one attached hydrogen (secondary N) is 2. The van der Waals surface area contributed by atoms with Crippen molar-refractivity contribution in [2.75, 3.05) is 11.3 Å².